The summed E-state index contributed by atoms with van der Waals surface area (Å²) in [7, 11) is 0. The first-order valence-electron chi connectivity index (χ1n) is 7.79. The van der Waals surface area contributed by atoms with Crippen LogP contribution < -0.4 is 5.32 Å². The Hall–Kier alpha value is -0.120. The van der Waals surface area contributed by atoms with Crippen molar-refractivity contribution in [2.75, 3.05) is 32.7 Å². The summed E-state index contributed by atoms with van der Waals surface area (Å²) in [4.78, 5) is 5.20. The fraction of sp³-hybridized carbons (Fsp3) is 1.00. The summed E-state index contributed by atoms with van der Waals surface area (Å²) >= 11 is 0. The molecule has 3 heterocycles. The molecule has 3 heteroatoms. The molecule has 2 bridgehead atoms. The summed E-state index contributed by atoms with van der Waals surface area (Å²) in [5.74, 6) is 0.946. The summed E-state index contributed by atoms with van der Waals surface area (Å²) in [5, 5.41) is 3.81. The van der Waals surface area contributed by atoms with Crippen molar-refractivity contribution in [3.63, 3.8) is 0 Å². The highest BCUT2D eigenvalue weighted by Gasteiger charge is 2.33. The summed E-state index contributed by atoms with van der Waals surface area (Å²) in [6, 6.07) is 2.06. The van der Waals surface area contributed by atoms with Crippen molar-refractivity contribution in [1.29, 1.82) is 0 Å². The molecule has 0 saturated carbocycles. The van der Waals surface area contributed by atoms with E-state index in [0.29, 0.717) is 12.1 Å². The second kappa shape index (κ2) is 6.36. The van der Waals surface area contributed by atoms with Gasteiger partial charge >= 0.3 is 0 Å². The molecule has 1 N–H and O–H groups in total. The highest BCUT2D eigenvalue weighted by Crippen LogP contribution is 2.27. The van der Waals surface area contributed by atoms with E-state index in [1.54, 1.807) is 0 Å². The minimum absolute atomic E-state index is 0.651. The molecule has 0 aromatic rings. The summed E-state index contributed by atoms with van der Waals surface area (Å²) in [5.41, 5.74) is 0. The van der Waals surface area contributed by atoms with Crippen LogP contribution in [0.25, 0.3) is 0 Å². The fourth-order valence-electron chi connectivity index (χ4n) is 3.69. The second-order valence-corrected chi connectivity index (χ2v) is 6.62. The van der Waals surface area contributed by atoms with Crippen LogP contribution in [-0.4, -0.2) is 60.6 Å². The first-order chi connectivity index (χ1) is 8.58. The number of hydrogen-bond donors (Lipinski definition) is 1. The minimum atomic E-state index is 0.651. The van der Waals surface area contributed by atoms with Crippen LogP contribution >= 0.6 is 0 Å². The Bertz CT molecular complexity index is 236. The van der Waals surface area contributed by atoms with Gasteiger partial charge in [-0.2, -0.15) is 0 Å². The van der Waals surface area contributed by atoms with Gasteiger partial charge in [-0.1, -0.05) is 0 Å². The van der Waals surface area contributed by atoms with E-state index in [0.717, 1.165) is 18.5 Å². The molecule has 3 saturated heterocycles. The molecule has 1 unspecified atom stereocenters. The minimum Gasteiger partial charge on any atom is -0.311 e. The lowest BCUT2D eigenvalue weighted by Gasteiger charge is -2.45. The second-order valence-electron chi connectivity index (χ2n) is 6.62. The third kappa shape index (κ3) is 3.46. The van der Waals surface area contributed by atoms with Gasteiger partial charge in [-0.25, -0.2) is 0 Å². The standard InChI is InChI=1S/C15H31N3/c1-12(2)18(13(3)4)10-7-16-15-11-17-8-5-14(15)6-9-17/h12-16H,5-11H2,1-4H3. The van der Waals surface area contributed by atoms with Crippen molar-refractivity contribution < 1.29 is 0 Å². The summed E-state index contributed by atoms with van der Waals surface area (Å²) in [6.07, 6.45) is 2.82. The van der Waals surface area contributed by atoms with Crippen molar-refractivity contribution in [3.05, 3.63) is 0 Å². The zero-order chi connectivity index (χ0) is 13.1. The molecule has 106 valence electrons. The topological polar surface area (TPSA) is 18.5 Å². The number of rotatable bonds is 6. The van der Waals surface area contributed by atoms with Crippen LogP contribution in [0, 0.1) is 5.92 Å². The Kier molecular flexibility index (Phi) is 5.05. The smallest absolute Gasteiger partial charge is 0.0224 e. The number of piperidine rings is 3. The molecular formula is C15H31N3. The molecule has 1 atom stereocenters. The van der Waals surface area contributed by atoms with Gasteiger partial charge in [0.2, 0.25) is 0 Å². The fourth-order valence-corrected chi connectivity index (χ4v) is 3.69. The van der Waals surface area contributed by atoms with E-state index < -0.39 is 0 Å². The maximum atomic E-state index is 3.81. The Balaban J connectivity index is 1.71. The maximum absolute atomic E-state index is 3.81. The van der Waals surface area contributed by atoms with Gasteiger partial charge in [0.25, 0.3) is 0 Å². The highest BCUT2D eigenvalue weighted by molar-refractivity contribution is 4.91. The molecular weight excluding hydrogens is 222 g/mol. The van der Waals surface area contributed by atoms with E-state index >= 15 is 0 Å². The number of fused-ring (bicyclic) bond motifs is 3. The molecule has 0 spiro atoms. The van der Waals surface area contributed by atoms with Gasteiger partial charge in [-0.15, -0.1) is 0 Å². The van der Waals surface area contributed by atoms with E-state index in [9.17, 15) is 0 Å². The molecule has 3 aliphatic rings. The van der Waals surface area contributed by atoms with E-state index in [-0.39, 0.29) is 0 Å². The van der Waals surface area contributed by atoms with E-state index in [4.69, 9.17) is 0 Å². The SMILES string of the molecule is CC(C)N(CCNC1CN2CCC1CC2)C(C)C. The molecule has 0 radical (unpaired) electrons. The molecule has 0 aliphatic carbocycles. The maximum Gasteiger partial charge on any atom is 0.0224 e. The van der Waals surface area contributed by atoms with Gasteiger partial charge in [0.05, 0.1) is 0 Å². The van der Waals surface area contributed by atoms with Crippen LogP contribution in [-0.2, 0) is 0 Å². The Morgan fingerprint density at radius 3 is 2.17 bits per heavy atom. The molecule has 3 fully saturated rings. The monoisotopic (exact) mass is 253 g/mol. The average molecular weight is 253 g/mol. The molecule has 0 aromatic heterocycles. The highest BCUT2D eigenvalue weighted by atomic mass is 15.2. The third-order valence-corrected chi connectivity index (χ3v) is 4.76. The first kappa shape index (κ1) is 14.3. The predicted molar refractivity (Wildman–Crippen MR) is 77.9 cm³/mol. The van der Waals surface area contributed by atoms with Crippen LogP contribution in [0.4, 0.5) is 0 Å². The normalized spacial score (nSPS) is 31.8. The van der Waals surface area contributed by atoms with Crippen LogP contribution in [0.2, 0.25) is 0 Å². The van der Waals surface area contributed by atoms with Gasteiger partial charge in [0.1, 0.15) is 0 Å². The molecule has 3 nitrogen and oxygen atoms in total. The van der Waals surface area contributed by atoms with Crippen molar-refractivity contribution in [2.24, 2.45) is 5.92 Å². The van der Waals surface area contributed by atoms with Crippen molar-refractivity contribution >= 4 is 0 Å². The van der Waals surface area contributed by atoms with Gasteiger partial charge in [0, 0.05) is 37.8 Å². The number of nitrogens with one attached hydrogen (secondary N) is 1. The first-order valence-corrected chi connectivity index (χ1v) is 7.79. The van der Waals surface area contributed by atoms with E-state index in [1.165, 1.54) is 39.0 Å². The molecule has 18 heavy (non-hydrogen) atoms. The van der Waals surface area contributed by atoms with Crippen LogP contribution in [0.3, 0.4) is 0 Å². The van der Waals surface area contributed by atoms with E-state index in [1.807, 2.05) is 0 Å². The predicted octanol–water partition coefficient (Wildman–Crippen LogP) is 1.79. The number of nitrogens with zero attached hydrogens (tertiary/aromatic N) is 2. The average Bonchev–Trinajstić information content (AvgIpc) is 2.35. The molecule has 0 aromatic carbocycles. The Morgan fingerprint density at radius 1 is 1.11 bits per heavy atom. The lowest BCUT2D eigenvalue weighted by atomic mass is 9.84. The Morgan fingerprint density at radius 2 is 1.72 bits per heavy atom. The zero-order valence-electron chi connectivity index (χ0n) is 12.7. The lowest BCUT2D eigenvalue weighted by molar-refractivity contribution is 0.0694. The van der Waals surface area contributed by atoms with Crippen LogP contribution in [0.5, 0.6) is 0 Å². The van der Waals surface area contributed by atoms with Gasteiger partial charge in [-0.3, -0.25) is 4.90 Å². The third-order valence-electron chi connectivity index (χ3n) is 4.76. The lowest BCUT2D eigenvalue weighted by Crippen LogP contribution is -2.57. The summed E-state index contributed by atoms with van der Waals surface area (Å²) in [6.45, 7) is 15.5. The van der Waals surface area contributed by atoms with Gasteiger partial charge in [-0.05, 0) is 59.5 Å². The van der Waals surface area contributed by atoms with Crippen LogP contribution in [0.15, 0.2) is 0 Å². The van der Waals surface area contributed by atoms with Gasteiger partial charge < -0.3 is 10.2 Å². The summed E-state index contributed by atoms with van der Waals surface area (Å²) < 4.78 is 0. The van der Waals surface area contributed by atoms with E-state index in [2.05, 4.69) is 42.8 Å². The molecule has 0 amide bonds. The number of hydrogen-bond acceptors (Lipinski definition) is 3. The quantitative estimate of drug-likeness (QED) is 0.778. The molecule has 3 rings (SSSR count). The van der Waals surface area contributed by atoms with Gasteiger partial charge in [0.15, 0.2) is 0 Å². The molecule has 3 aliphatic heterocycles. The Labute approximate surface area is 113 Å². The van der Waals surface area contributed by atoms with Crippen LogP contribution in [0.1, 0.15) is 40.5 Å². The largest absolute Gasteiger partial charge is 0.311 e. The van der Waals surface area contributed by atoms with Crippen molar-refractivity contribution in [2.45, 2.75) is 58.7 Å². The van der Waals surface area contributed by atoms with Crippen molar-refractivity contribution in [3.8, 4) is 0 Å². The zero-order valence-corrected chi connectivity index (χ0v) is 12.7. The van der Waals surface area contributed by atoms with Crippen molar-refractivity contribution in [1.82, 2.24) is 15.1 Å².